The number of carbonyl (C=O) groups excluding carboxylic acids is 2. The third-order valence-electron chi connectivity index (χ3n) is 1.61. The summed E-state index contributed by atoms with van der Waals surface area (Å²) < 4.78 is 4.45. The monoisotopic (exact) mass is 222 g/mol. The molecule has 0 radical (unpaired) electrons. The lowest BCUT2D eigenvalue weighted by Crippen LogP contribution is -2.20. The number of methoxy groups -OCH3 is 1. The number of rotatable bonds is 6. The fourth-order valence-corrected chi connectivity index (χ4v) is 0.917. The van der Waals surface area contributed by atoms with Crippen molar-refractivity contribution >= 4 is 24.5 Å². The number of unbranched alkanes of at least 4 members (excludes halogenated alkanes) is 1. The van der Waals surface area contributed by atoms with Crippen molar-refractivity contribution in [1.29, 1.82) is 0 Å². The number of nitrogens with zero attached hydrogens (tertiary/aromatic N) is 1. The number of halogens is 1. The molecule has 0 rings (SSSR count). The summed E-state index contributed by atoms with van der Waals surface area (Å²) in [6.45, 7) is 0.568. The Morgan fingerprint density at radius 3 is 2.64 bits per heavy atom. The zero-order chi connectivity index (χ0) is 10.1. The molecule has 5 nitrogen and oxygen atoms in total. The Kier molecular flexibility index (Phi) is 11.3. The molecule has 82 valence electrons. The second kappa shape index (κ2) is 10.2. The molecule has 14 heavy (non-hydrogen) atoms. The molecule has 0 heterocycles. The van der Waals surface area contributed by atoms with Crippen molar-refractivity contribution in [3.8, 4) is 0 Å². The first-order valence-corrected chi connectivity index (χ1v) is 4.11. The summed E-state index contributed by atoms with van der Waals surface area (Å²) in [6.07, 6.45) is 3.40. The fraction of sp³-hybridized carbons (Fsp3) is 0.750. The molecule has 0 aliphatic rings. The van der Waals surface area contributed by atoms with Crippen LogP contribution in [0.5, 0.6) is 0 Å². The molecule has 0 aromatic carbocycles. The number of isocyanates is 1. The van der Waals surface area contributed by atoms with Gasteiger partial charge in [-0.05, 0) is 25.8 Å². The predicted octanol–water partition coefficient (Wildman–Crippen LogP) is 0.415. The van der Waals surface area contributed by atoms with Crippen molar-refractivity contribution < 1.29 is 14.3 Å². The summed E-state index contributed by atoms with van der Waals surface area (Å²) in [5, 5.41) is 0. The molecule has 0 aliphatic carbocycles. The number of aliphatic imine (C=N–C) groups is 1. The smallest absolute Gasteiger partial charge is 0.331 e. The van der Waals surface area contributed by atoms with Crippen LogP contribution in [0.3, 0.4) is 0 Å². The number of esters is 1. The first kappa shape index (κ1) is 15.6. The van der Waals surface area contributed by atoms with E-state index in [-0.39, 0.29) is 12.4 Å². The summed E-state index contributed by atoms with van der Waals surface area (Å²) in [7, 11) is 1.26. The summed E-state index contributed by atoms with van der Waals surface area (Å²) >= 11 is 0. The van der Waals surface area contributed by atoms with Gasteiger partial charge in [0.1, 0.15) is 0 Å². The maximum absolute atomic E-state index is 11.0. The van der Waals surface area contributed by atoms with Crippen molar-refractivity contribution in [3.63, 3.8) is 0 Å². The van der Waals surface area contributed by atoms with Crippen LogP contribution >= 0.6 is 12.4 Å². The van der Waals surface area contributed by atoms with Crippen molar-refractivity contribution in [2.45, 2.75) is 25.3 Å². The molecule has 1 unspecified atom stereocenters. The highest BCUT2D eigenvalue weighted by Crippen LogP contribution is 2.05. The van der Waals surface area contributed by atoms with Crippen molar-refractivity contribution in [1.82, 2.24) is 0 Å². The van der Waals surface area contributed by atoms with Crippen LogP contribution in [0, 0.1) is 0 Å². The average molecular weight is 223 g/mol. The molecular formula is C8H15ClN2O3. The van der Waals surface area contributed by atoms with E-state index in [1.165, 1.54) is 13.2 Å². The van der Waals surface area contributed by atoms with E-state index in [1.807, 2.05) is 0 Å². The van der Waals surface area contributed by atoms with Crippen LogP contribution in [-0.2, 0) is 14.3 Å². The lowest BCUT2D eigenvalue weighted by molar-refractivity contribution is -0.142. The van der Waals surface area contributed by atoms with Crippen LogP contribution in [0.2, 0.25) is 0 Å². The molecule has 0 fully saturated rings. The molecule has 0 aromatic rings. The number of nitrogens with two attached hydrogens (primary N) is 1. The number of hydrogen-bond donors (Lipinski definition) is 1. The second-order valence-electron chi connectivity index (χ2n) is 2.54. The Balaban J connectivity index is 0. The van der Waals surface area contributed by atoms with Gasteiger partial charge in [0.2, 0.25) is 6.08 Å². The average Bonchev–Trinajstić information content (AvgIpc) is 2.16. The van der Waals surface area contributed by atoms with Crippen molar-refractivity contribution in [2.75, 3.05) is 13.7 Å². The zero-order valence-electron chi connectivity index (χ0n) is 8.06. The first-order valence-electron chi connectivity index (χ1n) is 4.11. The molecule has 0 saturated carbocycles. The van der Waals surface area contributed by atoms with Gasteiger partial charge in [-0.2, -0.15) is 4.99 Å². The summed E-state index contributed by atoms with van der Waals surface area (Å²) in [5.41, 5.74) is 5.27. The second-order valence-corrected chi connectivity index (χ2v) is 2.54. The third-order valence-corrected chi connectivity index (χ3v) is 1.61. The van der Waals surface area contributed by atoms with Crippen LogP contribution in [0.25, 0.3) is 0 Å². The van der Waals surface area contributed by atoms with Crippen LogP contribution < -0.4 is 5.73 Å². The minimum Gasteiger partial charge on any atom is -0.467 e. The summed E-state index contributed by atoms with van der Waals surface area (Å²) in [6, 6.07) is -0.714. The van der Waals surface area contributed by atoms with Gasteiger partial charge in [0.15, 0.2) is 6.04 Å². The Morgan fingerprint density at radius 2 is 2.21 bits per heavy atom. The van der Waals surface area contributed by atoms with Crippen LogP contribution in [0.15, 0.2) is 4.99 Å². The quantitative estimate of drug-likeness (QED) is 0.306. The van der Waals surface area contributed by atoms with Crippen LogP contribution in [-0.4, -0.2) is 31.7 Å². The van der Waals surface area contributed by atoms with E-state index in [1.54, 1.807) is 0 Å². The predicted molar refractivity (Wildman–Crippen MR) is 54.1 cm³/mol. The number of carbonyl (C=O) groups is 1. The SMILES string of the molecule is COC(=O)C(CCCCN)N=C=O.Cl. The van der Waals surface area contributed by atoms with Gasteiger partial charge >= 0.3 is 5.97 Å². The van der Waals surface area contributed by atoms with Gasteiger partial charge in [-0.25, -0.2) is 9.59 Å². The molecule has 6 heteroatoms. The van der Waals surface area contributed by atoms with E-state index < -0.39 is 12.0 Å². The lowest BCUT2D eigenvalue weighted by atomic mass is 10.1. The minimum atomic E-state index is -0.714. The van der Waals surface area contributed by atoms with Crippen molar-refractivity contribution in [3.05, 3.63) is 0 Å². The Hall–Kier alpha value is -0.900. The van der Waals surface area contributed by atoms with Crippen LogP contribution in [0.1, 0.15) is 19.3 Å². The third kappa shape index (κ3) is 6.60. The Bertz CT molecular complexity index is 205. The van der Waals surface area contributed by atoms with Gasteiger partial charge in [0.25, 0.3) is 0 Å². The van der Waals surface area contributed by atoms with Crippen molar-refractivity contribution in [2.24, 2.45) is 10.7 Å². The molecule has 0 spiro atoms. The van der Waals surface area contributed by atoms with Crippen LogP contribution in [0.4, 0.5) is 0 Å². The first-order chi connectivity index (χ1) is 6.26. The van der Waals surface area contributed by atoms with Gasteiger partial charge < -0.3 is 10.5 Å². The largest absolute Gasteiger partial charge is 0.467 e. The summed E-state index contributed by atoms with van der Waals surface area (Å²) in [5.74, 6) is -0.500. The Labute approximate surface area is 89.1 Å². The molecule has 0 amide bonds. The maximum atomic E-state index is 11.0. The molecule has 0 aromatic heterocycles. The highest BCUT2D eigenvalue weighted by molar-refractivity contribution is 5.85. The molecule has 2 N–H and O–H groups in total. The van der Waals surface area contributed by atoms with E-state index in [0.717, 1.165) is 12.8 Å². The summed E-state index contributed by atoms with van der Waals surface area (Å²) in [4.78, 5) is 24.3. The van der Waals surface area contributed by atoms with E-state index in [4.69, 9.17) is 5.73 Å². The normalized spacial score (nSPS) is 10.7. The maximum Gasteiger partial charge on any atom is 0.331 e. The molecule has 0 bridgehead atoms. The topological polar surface area (TPSA) is 81.8 Å². The van der Waals surface area contributed by atoms with Gasteiger partial charge in [-0.1, -0.05) is 0 Å². The lowest BCUT2D eigenvalue weighted by Gasteiger charge is -2.06. The zero-order valence-corrected chi connectivity index (χ0v) is 8.88. The molecule has 1 atom stereocenters. The highest BCUT2D eigenvalue weighted by Gasteiger charge is 2.16. The Morgan fingerprint density at radius 1 is 1.57 bits per heavy atom. The van der Waals surface area contributed by atoms with E-state index >= 15 is 0 Å². The highest BCUT2D eigenvalue weighted by atomic mass is 35.5. The number of ether oxygens (including phenoxy) is 1. The van der Waals surface area contributed by atoms with E-state index in [2.05, 4.69) is 9.73 Å². The standard InChI is InChI=1S/C8H14N2O3.ClH/c1-13-8(12)7(10-6-11)4-2-3-5-9;/h7H,2-5,9H2,1H3;1H. The fourth-order valence-electron chi connectivity index (χ4n) is 0.917. The van der Waals surface area contributed by atoms with Gasteiger partial charge in [-0.3, -0.25) is 0 Å². The minimum absolute atomic E-state index is 0. The molecule has 0 saturated heterocycles. The van der Waals surface area contributed by atoms with E-state index in [9.17, 15) is 9.59 Å². The molecule has 0 aliphatic heterocycles. The van der Waals surface area contributed by atoms with E-state index in [0.29, 0.717) is 13.0 Å². The van der Waals surface area contributed by atoms with Gasteiger partial charge in [-0.15, -0.1) is 12.4 Å². The van der Waals surface area contributed by atoms with Gasteiger partial charge in [0.05, 0.1) is 7.11 Å². The number of hydrogen-bond acceptors (Lipinski definition) is 5. The molecular weight excluding hydrogens is 208 g/mol. The van der Waals surface area contributed by atoms with Gasteiger partial charge in [0, 0.05) is 0 Å².